The van der Waals surface area contributed by atoms with E-state index in [1.54, 1.807) is 84.2 Å². The van der Waals surface area contributed by atoms with Gasteiger partial charge < -0.3 is 77.2 Å². The van der Waals surface area contributed by atoms with Crippen molar-refractivity contribution >= 4 is 81.1 Å². The Labute approximate surface area is 199 Å². The molecule has 0 aromatic carbocycles. The van der Waals surface area contributed by atoms with Gasteiger partial charge in [-0.2, -0.15) is 0 Å². The fraction of sp³-hybridized carbons (Fsp3) is 0. The maximum absolute atomic E-state index is 4.97. The summed E-state index contributed by atoms with van der Waals surface area (Å²) in [4.78, 5) is 3.38. The van der Waals surface area contributed by atoms with Crippen molar-refractivity contribution in [2.75, 3.05) is 9.80 Å². The molecule has 0 spiro atoms. The molecule has 0 bridgehead atoms. The molecule has 0 saturated carbocycles. The van der Waals surface area contributed by atoms with Crippen LogP contribution in [-0.4, -0.2) is 8.64 Å². The average Bonchev–Trinajstić information content (AvgIpc) is 3.46. The van der Waals surface area contributed by atoms with E-state index in [9.17, 15) is 0 Å². The normalized spacial score (nSPS) is 9.66. The Kier molecular flexibility index (Phi) is 8.90. The van der Waals surface area contributed by atoms with Crippen molar-refractivity contribution in [3.05, 3.63) is 74.4 Å². The Morgan fingerprint density at radius 3 is 0.966 bits per heavy atom. The summed E-state index contributed by atoms with van der Waals surface area (Å²) in [6.45, 7) is 0. The van der Waals surface area contributed by atoms with Gasteiger partial charge in [-0.25, -0.2) is 0 Å². The molecule has 0 aliphatic carbocycles. The fourth-order valence-electron chi connectivity index (χ4n) is 2.26. The second-order valence-electron chi connectivity index (χ2n) is 5.13. The molecule has 11 heteroatoms. The zero-order valence-electron chi connectivity index (χ0n) is 14.4. The third-order valence-corrected chi connectivity index (χ3v) is 4.15. The Bertz CT molecular complexity index is 836. The molecule has 29 heavy (non-hydrogen) atoms. The first-order chi connectivity index (χ1) is 13.6. The largest absolute Gasteiger partial charge is 2.00 e. The van der Waals surface area contributed by atoms with Crippen LogP contribution >= 0.6 is 24.4 Å². The Morgan fingerprint density at radius 2 is 0.828 bits per heavy atom. The minimum absolute atomic E-state index is 0. The van der Waals surface area contributed by atoms with Crippen LogP contribution in [0.2, 0.25) is 0 Å². The molecular formula is C18H12CuN2O4S4. The number of hydrogen-bond acceptors (Lipinski definition) is 8. The van der Waals surface area contributed by atoms with Gasteiger partial charge in [-0.15, -0.1) is 0 Å². The van der Waals surface area contributed by atoms with Crippen LogP contribution in [0.25, 0.3) is 0 Å². The molecule has 153 valence electrons. The molecule has 4 heterocycles. The summed E-state index contributed by atoms with van der Waals surface area (Å²) < 4.78 is 20.5. The molecule has 0 unspecified atom stereocenters. The number of thiocarbonyl (C=S) groups is 2. The Hall–Kier alpha value is -2.14. The smallest absolute Gasteiger partial charge is 0.470 e. The van der Waals surface area contributed by atoms with E-state index in [1.165, 1.54) is 0 Å². The number of rotatable bonds is 4. The second-order valence-corrected chi connectivity index (χ2v) is 7.19. The fourth-order valence-corrected chi connectivity index (χ4v) is 3.10. The van der Waals surface area contributed by atoms with E-state index in [2.05, 4.69) is 0 Å². The predicted molar refractivity (Wildman–Crippen MR) is 119 cm³/mol. The van der Waals surface area contributed by atoms with Crippen molar-refractivity contribution in [3.63, 3.8) is 0 Å². The zero-order valence-corrected chi connectivity index (χ0v) is 18.6. The van der Waals surface area contributed by atoms with E-state index in [-0.39, 0.29) is 17.1 Å². The molecular weight excluding hydrogens is 500 g/mol. The van der Waals surface area contributed by atoms with Crippen molar-refractivity contribution in [3.8, 4) is 0 Å². The average molecular weight is 512 g/mol. The van der Waals surface area contributed by atoms with E-state index in [4.69, 9.17) is 67.4 Å². The first-order valence-corrected chi connectivity index (χ1v) is 9.32. The summed E-state index contributed by atoms with van der Waals surface area (Å²) in [5.74, 6) is 0. The summed E-state index contributed by atoms with van der Waals surface area (Å²) >= 11 is 19.9. The minimum Gasteiger partial charge on any atom is -0.470 e. The van der Waals surface area contributed by atoms with Crippen LogP contribution in [0.1, 0.15) is 0 Å². The number of furan rings is 4. The first-order valence-electron chi connectivity index (χ1n) is 7.69. The van der Waals surface area contributed by atoms with Gasteiger partial charge in [0, 0.05) is 24.3 Å². The standard InChI is InChI=1S/2C9H7NO2S2.Cu/c2*13-9(14)10(7-1-3-11-5-7)8-2-4-12-6-8;/h2*1-6H,(H,13,14);/q;;+2/p-2. The van der Waals surface area contributed by atoms with Crippen molar-refractivity contribution in [2.24, 2.45) is 0 Å². The van der Waals surface area contributed by atoms with Gasteiger partial charge in [0.2, 0.25) is 0 Å². The third kappa shape index (κ3) is 5.92. The molecule has 4 aromatic rings. The quantitative estimate of drug-likeness (QED) is 0.194. The monoisotopic (exact) mass is 511 g/mol. The van der Waals surface area contributed by atoms with Crippen molar-refractivity contribution < 1.29 is 34.7 Å². The van der Waals surface area contributed by atoms with Gasteiger partial charge in [-0.3, -0.25) is 0 Å². The van der Waals surface area contributed by atoms with Gasteiger partial charge in [-0.05, 0) is 0 Å². The molecule has 0 aliphatic heterocycles. The zero-order chi connectivity index (χ0) is 19.9. The van der Waals surface area contributed by atoms with Crippen LogP contribution in [-0.2, 0) is 42.3 Å². The predicted octanol–water partition coefficient (Wildman–Crippen LogP) is 5.68. The number of anilines is 4. The number of nitrogens with zero attached hydrogens (tertiary/aromatic N) is 2. The maximum atomic E-state index is 4.97. The molecule has 1 radical (unpaired) electrons. The molecule has 0 fully saturated rings. The Balaban J connectivity index is 0.000000200. The van der Waals surface area contributed by atoms with Crippen LogP contribution in [0.5, 0.6) is 0 Å². The van der Waals surface area contributed by atoms with Gasteiger partial charge in [-0.1, -0.05) is 8.64 Å². The SMILES string of the molecule is S=C([S-])N(c1ccoc1)c1ccoc1.S=C([S-])N(c1ccoc1)c1ccoc1.[Cu+2]. The summed E-state index contributed by atoms with van der Waals surface area (Å²) in [6.07, 6.45) is 12.6. The number of hydrogen-bond donors (Lipinski definition) is 0. The molecule has 0 N–H and O–H groups in total. The molecule has 0 saturated heterocycles. The summed E-state index contributed by atoms with van der Waals surface area (Å²) in [5.41, 5.74) is 3.19. The molecule has 0 atom stereocenters. The molecule has 6 nitrogen and oxygen atoms in total. The second kappa shape index (κ2) is 11.1. The van der Waals surface area contributed by atoms with Gasteiger partial charge in [0.1, 0.15) is 25.1 Å². The van der Waals surface area contributed by atoms with E-state index in [1.807, 2.05) is 0 Å². The molecule has 4 rings (SSSR count). The third-order valence-electron chi connectivity index (χ3n) is 3.42. The van der Waals surface area contributed by atoms with Crippen molar-refractivity contribution in [2.45, 2.75) is 0 Å². The topological polar surface area (TPSA) is 59.0 Å². The van der Waals surface area contributed by atoms with Crippen LogP contribution in [0.3, 0.4) is 0 Å². The Morgan fingerprint density at radius 1 is 0.586 bits per heavy atom. The van der Waals surface area contributed by atoms with E-state index >= 15 is 0 Å². The van der Waals surface area contributed by atoms with Gasteiger partial charge >= 0.3 is 17.1 Å². The van der Waals surface area contributed by atoms with E-state index < -0.39 is 0 Å². The van der Waals surface area contributed by atoms with Crippen LogP contribution < -0.4 is 9.80 Å². The van der Waals surface area contributed by atoms with Crippen LogP contribution in [0.4, 0.5) is 22.7 Å². The minimum atomic E-state index is 0. The summed E-state index contributed by atoms with van der Waals surface area (Å²) in [6, 6.07) is 7.13. The summed E-state index contributed by atoms with van der Waals surface area (Å²) in [5, 5.41) is 0. The van der Waals surface area contributed by atoms with Gasteiger partial charge in [0.15, 0.2) is 0 Å². The molecule has 0 amide bonds. The van der Waals surface area contributed by atoms with Gasteiger partial charge in [0.25, 0.3) is 0 Å². The van der Waals surface area contributed by atoms with Crippen LogP contribution in [0, 0.1) is 0 Å². The first kappa shape index (κ1) is 23.1. The maximum Gasteiger partial charge on any atom is 2.00 e. The summed E-state index contributed by atoms with van der Waals surface area (Å²) in [7, 11) is 0. The molecule has 4 aromatic heterocycles. The van der Waals surface area contributed by atoms with Crippen molar-refractivity contribution in [1.82, 2.24) is 0 Å². The van der Waals surface area contributed by atoms with Gasteiger partial charge in [0.05, 0.1) is 47.8 Å². The van der Waals surface area contributed by atoms with Crippen molar-refractivity contribution in [1.29, 1.82) is 0 Å². The van der Waals surface area contributed by atoms with Crippen LogP contribution in [0.15, 0.2) is 92.0 Å². The van der Waals surface area contributed by atoms with E-state index in [0.29, 0.717) is 8.64 Å². The molecule has 0 aliphatic rings. The van der Waals surface area contributed by atoms with E-state index in [0.717, 1.165) is 22.7 Å².